The van der Waals surface area contributed by atoms with E-state index in [1.165, 1.54) is 48.5 Å². The molecule has 0 spiro atoms. The molecule has 3 aromatic carbocycles. The number of benzene rings is 3. The van der Waals surface area contributed by atoms with E-state index in [0.29, 0.717) is 28.4 Å². The second-order valence-electron chi connectivity index (χ2n) is 9.88. The number of amides is 2. The normalized spacial score (nSPS) is 13.2. The SMILES string of the molecule is CC[C@@H](C)NC(=O)[C@@H](CC)N(Cc1ccc(F)cc1)C(=O)CN(c1cc(C(F)(F)F)ccc1Cl)S(=O)(=O)c1ccccc1. The summed E-state index contributed by atoms with van der Waals surface area (Å²) in [6, 6.07) is 12.9. The van der Waals surface area contributed by atoms with Gasteiger partial charge in [-0.25, -0.2) is 12.8 Å². The van der Waals surface area contributed by atoms with Gasteiger partial charge in [0.15, 0.2) is 0 Å². The van der Waals surface area contributed by atoms with Crippen LogP contribution in [0.5, 0.6) is 0 Å². The molecule has 0 bridgehead atoms. The van der Waals surface area contributed by atoms with Gasteiger partial charge in [-0.15, -0.1) is 0 Å². The number of halogens is 5. The summed E-state index contributed by atoms with van der Waals surface area (Å²) >= 11 is 6.26. The molecule has 232 valence electrons. The highest BCUT2D eigenvalue weighted by molar-refractivity contribution is 7.92. The topological polar surface area (TPSA) is 86.8 Å². The molecular formula is C30H32ClF4N3O4S. The Balaban J connectivity index is 2.15. The molecule has 0 radical (unpaired) electrons. The van der Waals surface area contributed by atoms with E-state index in [1.54, 1.807) is 19.9 Å². The maximum absolute atomic E-state index is 14.0. The number of alkyl halides is 3. The lowest BCUT2D eigenvalue weighted by Crippen LogP contribution is -2.53. The number of sulfonamides is 1. The van der Waals surface area contributed by atoms with Crippen LogP contribution in [0.2, 0.25) is 5.02 Å². The van der Waals surface area contributed by atoms with Crippen LogP contribution in [0.15, 0.2) is 77.7 Å². The quantitative estimate of drug-likeness (QED) is 0.232. The molecule has 3 aromatic rings. The van der Waals surface area contributed by atoms with Gasteiger partial charge < -0.3 is 10.2 Å². The molecule has 0 aromatic heterocycles. The third kappa shape index (κ3) is 8.47. The monoisotopic (exact) mass is 641 g/mol. The molecule has 0 unspecified atom stereocenters. The van der Waals surface area contributed by atoms with Crippen LogP contribution in [0.25, 0.3) is 0 Å². The fourth-order valence-electron chi connectivity index (χ4n) is 4.26. The van der Waals surface area contributed by atoms with Crippen molar-refractivity contribution >= 4 is 39.1 Å². The third-order valence-corrected chi connectivity index (χ3v) is 8.90. The number of hydrogen-bond acceptors (Lipinski definition) is 4. The molecule has 0 heterocycles. The van der Waals surface area contributed by atoms with Crippen molar-refractivity contribution in [3.05, 3.63) is 94.8 Å². The Bertz CT molecular complexity index is 1520. The van der Waals surface area contributed by atoms with Gasteiger partial charge in [-0.05, 0) is 67.8 Å². The maximum atomic E-state index is 14.0. The van der Waals surface area contributed by atoms with Gasteiger partial charge in [0.05, 0.1) is 21.2 Å². The van der Waals surface area contributed by atoms with Crippen LogP contribution in [-0.2, 0) is 32.3 Å². The van der Waals surface area contributed by atoms with Crippen LogP contribution in [0.3, 0.4) is 0 Å². The van der Waals surface area contributed by atoms with Crippen molar-refractivity contribution in [1.29, 1.82) is 0 Å². The molecule has 0 saturated carbocycles. The fraction of sp³-hybridized carbons (Fsp3) is 0.333. The Morgan fingerprint density at radius 2 is 1.58 bits per heavy atom. The van der Waals surface area contributed by atoms with Gasteiger partial charge in [-0.1, -0.05) is 55.8 Å². The molecular weight excluding hydrogens is 610 g/mol. The third-order valence-electron chi connectivity index (χ3n) is 6.81. The number of rotatable bonds is 12. The Hall–Kier alpha value is -3.64. The molecule has 2 amide bonds. The second kappa shape index (κ2) is 14.2. The first kappa shape index (κ1) is 33.9. The Labute approximate surface area is 253 Å². The van der Waals surface area contributed by atoms with Crippen molar-refractivity contribution < 1.29 is 35.6 Å². The van der Waals surface area contributed by atoms with Crippen molar-refractivity contribution in [2.45, 2.75) is 63.3 Å². The highest BCUT2D eigenvalue weighted by Crippen LogP contribution is 2.37. The van der Waals surface area contributed by atoms with E-state index in [0.717, 1.165) is 11.0 Å². The molecule has 0 aliphatic heterocycles. The lowest BCUT2D eigenvalue weighted by molar-refractivity contribution is -0.140. The zero-order valence-electron chi connectivity index (χ0n) is 23.7. The second-order valence-corrected chi connectivity index (χ2v) is 12.1. The lowest BCUT2D eigenvalue weighted by atomic mass is 10.1. The van der Waals surface area contributed by atoms with Gasteiger partial charge in [-0.3, -0.25) is 13.9 Å². The van der Waals surface area contributed by atoms with Crippen molar-refractivity contribution in [1.82, 2.24) is 10.2 Å². The summed E-state index contributed by atoms with van der Waals surface area (Å²) in [6.07, 6.45) is -4.10. The first-order valence-corrected chi connectivity index (χ1v) is 15.3. The van der Waals surface area contributed by atoms with Gasteiger partial charge >= 0.3 is 6.18 Å². The standard InChI is InChI=1S/C30H32ClF4N3O4S/c1-4-20(3)36-29(40)26(5-2)37(18-21-11-14-23(32)15-12-21)28(39)19-38(43(41,42)24-9-7-6-8-10-24)27-17-22(30(33,34)35)13-16-25(27)31/h6-17,20,26H,4-5,18-19H2,1-3H3,(H,36,40)/t20-,26-/m1/s1. The largest absolute Gasteiger partial charge is 0.416 e. The molecule has 2 atom stereocenters. The van der Waals surface area contributed by atoms with E-state index in [4.69, 9.17) is 11.6 Å². The number of nitrogens with zero attached hydrogens (tertiary/aromatic N) is 2. The maximum Gasteiger partial charge on any atom is 0.416 e. The van der Waals surface area contributed by atoms with E-state index < -0.39 is 57.7 Å². The molecule has 3 rings (SSSR count). The minimum absolute atomic E-state index is 0.130. The van der Waals surface area contributed by atoms with Crippen molar-refractivity contribution in [2.24, 2.45) is 0 Å². The van der Waals surface area contributed by atoms with Crippen LogP contribution < -0.4 is 9.62 Å². The molecule has 0 fully saturated rings. The van der Waals surface area contributed by atoms with Crippen LogP contribution in [0.4, 0.5) is 23.2 Å². The van der Waals surface area contributed by atoms with Crippen LogP contribution in [0, 0.1) is 5.82 Å². The number of carbonyl (C=O) groups is 2. The van der Waals surface area contributed by atoms with Crippen molar-refractivity contribution in [3.8, 4) is 0 Å². The van der Waals surface area contributed by atoms with Crippen molar-refractivity contribution in [3.63, 3.8) is 0 Å². The van der Waals surface area contributed by atoms with E-state index in [2.05, 4.69) is 5.32 Å². The number of hydrogen-bond donors (Lipinski definition) is 1. The fourth-order valence-corrected chi connectivity index (χ4v) is 5.98. The minimum atomic E-state index is -4.83. The smallest absolute Gasteiger partial charge is 0.352 e. The van der Waals surface area contributed by atoms with Gasteiger partial charge in [0.25, 0.3) is 10.0 Å². The van der Waals surface area contributed by atoms with Crippen LogP contribution in [-0.4, -0.2) is 43.8 Å². The van der Waals surface area contributed by atoms with E-state index in [-0.39, 0.29) is 28.9 Å². The zero-order valence-corrected chi connectivity index (χ0v) is 25.3. The summed E-state index contributed by atoms with van der Waals surface area (Å²) in [7, 11) is -4.64. The molecule has 0 aliphatic carbocycles. The molecule has 7 nitrogen and oxygen atoms in total. The molecule has 13 heteroatoms. The summed E-state index contributed by atoms with van der Waals surface area (Å²) in [5, 5.41) is 2.47. The Morgan fingerprint density at radius 3 is 2.14 bits per heavy atom. The minimum Gasteiger partial charge on any atom is -0.352 e. The predicted octanol–water partition coefficient (Wildman–Crippen LogP) is 6.42. The lowest BCUT2D eigenvalue weighted by Gasteiger charge is -2.34. The molecule has 0 aliphatic rings. The van der Waals surface area contributed by atoms with E-state index in [9.17, 15) is 35.6 Å². The Morgan fingerprint density at radius 1 is 0.953 bits per heavy atom. The van der Waals surface area contributed by atoms with Gasteiger partial charge in [0, 0.05) is 12.6 Å². The zero-order chi connectivity index (χ0) is 31.9. The number of nitrogens with one attached hydrogen (secondary N) is 1. The van der Waals surface area contributed by atoms with E-state index in [1.807, 2.05) is 6.92 Å². The Kier molecular flexibility index (Phi) is 11.2. The molecule has 1 N–H and O–H groups in total. The predicted molar refractivity (Wildman–Crippen MR) is 156 cm³/mol. The molecule has 0 saturated heterocycles. The average Bonchev–Trinajstić information content (AvgIpc) is 2.96. The summed E-state index contributed by atoms with van der Waals surface area (Å²) < 4.78 is 82.8. The first-order valence-electron chi connectivity index (χ1n) is 13.5. The summed E-state index contributed by atoms with van der Waals surface area (Å²) in [5.74, 6) is -1.91. The van der Waals surface area contributed by atoms with Gasteiger partial charge in [0.1, 0.15) is 18.4 Å². The number of carbonyl (C=O) groups excluding carboxylic acids is 2. The summed E-state index contributed by atoms with van der Waals surface area (Å²) in [5.41, 5.74) is -1.29. The highest BCUT2D eigenvalue weighted by Gasteiger charge is 2.37. The van der Waals surface area contributed by atoms with Crippen LogP contribution >= 0.6 is 11.6 Å². The first-order chi connectivity index (χ1) is 20.2. The summed E-state index contributed by atoms with van der Waals surface area (Å²) in [4.78, 5) is 28.2. The molecule has 43 heavy (non-hydrogen) atoms. The van der Waals surface area contributed by atoms with Gasteiger partial charge in [0.2, 0.25) is 11.8 Å². The van der Waals surface area contributed by atoms with E-state index >= 15 is 0 Å². The van der Waals surface area contributed by atoms with Crippen molar-refractivity contribution in [2.75, 3.05) is 10.8 Å². The van der Waals surface area contributed by atoms with Gasteiger partial charge in [-0.2, -0.15) is 13.2 Å². The number of anilines is 1. The average molecular weight is 642 g/mol. The van der Waals surface area contributed by atoms with Crippen LogP contribution in [0.1, 0.15) is 44.7 Å². The summed E-state index contributed by atoms with van der Waals surface area (Å²) in [6.45, 7) is 4.11. The highest BCUT2D eigenvalue weighted by atomic mass is 35.5.